The number of nitrogens with one attached hydrogen (secondary N) is 2. The number of allylic oxidation sites excluding steroid dienone is 2. The first-order valence-corrected chi connectivity index (χ1v) is 23.6. The highest BCUT2D eigenvalue weighted by molar-refractivity contribution is 6.13. The second-order valence-electron chi connectivity index (χ2n) is 19.8. The number of ketones is 1. The van der Waals surface area contributed by atoms with E-state index in [1.165, 1.54) is 4.90 Å². The molecule has 0 saturated heterocycles. The molecule has 2 N–H and O–H groups in total. The van der Waals surface area contributed by atoms with Crippen molar-refractivity contribution in [2.45, 2.75) is 138 Å². The van der Waals surface area contributed by atoms with Gasteiger partial charge in [-0.15, -0.1) is 0 Å². The predicted molar refractivity (Wildman–Crippen MR) is 258 cm³/mol. The number of aryl methyl sites for hydroxylation is 2. The molecule has 0 radical (unpaired) electrons. The van der Waals surface area contributed by atoms with Crippen molar-refractivity contribution in [1.82, 2.24) is 24.8 Å². The molecule has 0 saturated carbocycles. The molecule has 3 aliphatic rings. The molecule has 2 aliphatic heterocycles. The van der Waals surface area contributed by atoms with E-state index in [1.54, 1.807) is 48.7 Å². The molecule has 0 aromatic carbocycles. The molecule has 3 aromatic heterocycles. The van der Waals surface area contributed by atoms with Gasteiger partial charge >= 0.3 is 11.9 Å². The maximum absolute atomic E-state index is 14.2. The normalized spacial score (nSPS) is 16.5. The van der Waals surface area contributed by atoms with Crippen molar-refractivity contribution >= 4 is 56.8 Å². The summed E-state index contributed by atoms with van der Waals surface area (Å²) in [5.41, 5.74) is 11.4. The first-order valence-electron chi connectivity index (χ1n) is 23.6. The molecule has 1 aliphatic carbocycles. The van der Waals surface area contributed by atoms with Crippen LogP contribution in [0.15, 0.2) is 18.2 Å². The Balaban J connectivity index is 1.43. The number of amides is 1. The average molecular weight is 926 g/mol. The summed E-state index contributed by atoms with van der Waals surface area (Å²) in [6.07, 6.45) is 0.947. The van der Waals surface area contributed by atoms with Crippen molar-refractivity contribution in [3.05, 3.63) is 68.8 Å². The van der Waals surface area contributed by atoms with Gasteiger partial charge in [-0.3, -0.25) is 24.2 Å². The first kappa shape index (κ1) is 51.2. The largest absolute Gasteiger partial charge is 0.459 e. The molecule has 0 fully saturated rings. The van der Waals surface area contributed by atoms with Crippen LogP contribution >= 0.6 is 0 Å². The van der Waals surface area contributed by atoms with Crippen molar-refractivity contribution in [2.75, 3.05) is 59.8 Å². The third-order valence-corrected chi connectivity index (χ3v) is 12.5. The highest BCUT2D eigenvalue weighted by Crippen LogP contribution is 2.45. The number of nitrogens with zero attached hydrogens (tertiary/aromatic N) is 3. The monoisotopic (exact) mass is 926 g/mol. The van der Waals surface area contributed by atoms with Gasteiger partial charge in [0.1, 0.15) is 24.3 Å². The quantitative estimate of drug-likeness (QED) is 0.0861. The molecular formula is C52H71N5O10. The Bertz CT molecular complexity index is 2530. The van der Waals surface area contributed by atoms with Gasteiger partial charge in [0.05, 0.1) is 68.3 Å². The van der Waals surface area contributed by atoms with Crippen LogP contribution in [0.5, 0.6) is 0 Å². The number of fused-ring (bicyclic) bond motifs is 8. The second-order valence-corrected chi connectivity index (χ2v) is 19.8. The van der Waals surface area contributed by atoms with E-state index in [1.807, 2.05) is 19.9 Å². The maximum atomic E-state index is 14.2. The number of Topliss-reactive ketones (excluding diaryl/α,β-unsaturated/α-hetero) is 1. The molecule has 1 amide bonds. The second kappa shape index (κ2) is 21.4. The predicted octanol–water partition coefficient (Wildman–Crippen LogP) is 8.95. The fourth-order valence-electron chi connectivity index (χ4n) is 9.25. The molecule has 364 valence electrons. The van der Waals surface area contributed by atoms with E-state index >= 15 is 0 Å². The summed E-state index contributed by atoms with van der Waals surface area (Å²) in [5, 5.41) is 0. The molecule has 3 aromatic rings. The van der Waals surface area contributed by atoms with Gasteiger partial charge < -0.3 is 43.3 Å². The Hall–Kier alpha value is -5.22. The van der Waals surface area contributed by atoms with Gasteiger partial charge in [-0.2, -0.15) is 0 Å². The summed E-state index contributed by atoms with van der Waals surface area (Å²) in [6, 6.07) is 6.20. The van der Waals surface area contributed by atoms with Gasteiger partial charge in [0.25, 0.3) is 0 Å². The third kappa shape index (κ3) is 12.3. The zero-order valence-electron chi connectivity index (χ0n) is 41.9. The maximum Gasteiger partial charge on any atom is 0.326 e. The zero-order valence-corrected chi connectivity index (χ0v) is 41.9. The summed E-state index contributed by atoms with van der Waals surface area (Å²) in [7, 11) is 1.64. The van der Waals surface area contributed by atoms with E-state index in [9.17, 15) is 19.2 Å². The van der Waals surface area contributed by atoms with Gasteiger partial charge in [-0.05, 0) is 123 Å². The van der Waals surface area contributed by atoms with Crippen LogP contribution in [0, 0.1) is 13.8 Å². The Morgan fingerprint density at radius 2 is 1.40 bits per heavy atom. The van der Waals surface area contributed by atoms with Crippen LogP contribution in [0.1, 0.15) is 162 Å². The number of esters is 2. The minimum absolute atomic E-state index is 0.00210. The van der Waals surface area contributed by atoms with Gasteiger partial charge in [0.15, 0.2) is 5.78 Å². The van der Waals surface area contributed by atoms with Crippen LogP contribution in [0.3, 0.4) is 0 Å². The van der Waals surface area contributed by atoms with Gasteiger partial charge in [-0.1, -0.05) is 13.8 Å². The minimum atomic E-state index is -0.789. The number of aromatic nitrogens is 4. The number of ether oxygens (including phenoxy) is 6. The van der Waals surface area contributed by atoms with E-state index in [2.05, 4.69) is 49.8 Å². The van der Waals surface area contributed by atoms with Crippen LogP contribution in [0.4, 0.5) is 0 Å². The molecule has 15 heteroatoms. The number of carbonyl (C=O) groups excluding carboxylic acids is 4. The van der Waals surface area contributed by atoms with Gasteiger partial charge in [0, 0.05) is 70.7 Å². The number of carbonyl (C=O) groups is 4. The zero-order chi connectivity index (χ0) is 49.0. The van der Waals surface area contributed by atoms with E-state index < -0.39 is 42.1 Å². The summed E-state index contributed by atoms with van der Waals surface area (Å²) < 4.78 is 33.9. The lowest BCUT2D eigenvalue weighted by molar-refractivity contribution is -0.163. The van der Waals surface area contributed by atoms with E-state index in [4.69, 9.17) is 38.4 Å². The van der Waals surface area contributed by atoms with Crippen molar-refractivity contribution in [3.63, 3.8) is 0 Å². The third-order valence-electron chi connectivity index (χ3n) is 12.5. The number of H-pyrrole nitrogens is 2. The fraction of sp³-hybridized carbons (Fsp3) is 0.577. The Morgan fingerprint density at radius 3 is 2.01 bits per heavy atom. The summed E-state index contributed by atoms with van der Waals surface area (Å²) in [6.45, 7) is 24.8. The number of hydrogen-bond acceptors (Lipinski definition) is 12. The minimum Gasteiger partial charge on any atom is -0.459 e. The Kier molecular flexibility index (Phi) is 16.3. The van der Waals surface area contributed by atoms with Crippen molar-refractivity contribution < 1.29 is 47.6 Å². The summed E-state index contributed by atoms with van der Waals surface area (Å²) in [4.78, 5) is 73.4. The molecule has 0 spiro atoms. The molecule has 5 heterocycles. The summed E-state index contributed by atoms with van der Waals surface area (Å²) in [5.74, 6) is -2.13. The van der Waals surface area contributed by atoms with Crippen LogP contribution in [0.25, 0.3) is 33.2 Å². The van der Waals surface area contributed by atoms with Crippen molar-refractivity contribution in [3.8, 4) is 0 Å². The molecular weight excluding hydrogens is 855 g/mol. The Morgan fingerprint density at radius 1 is 0.806 bits per heavy atom. The fourth-order valence-corrected chi connectivity index (χ4v) is 9.25. The van der Waals surface area contributed by atoms with E-state index in [0.29, 0.717) is 51.6 Å². The van der Waals surface area contributed by atoms with E-state index in [0.717, 1.165) is 84.7 Å². The molecule has 3 atom stereocenters. The first-order chi connectivity index (χ1) is 31.6. The molecule has 8 bridgehead atoms. The smallest absolute Gasteiger partial charge is 0.326 e. The SMILES string of the molecule is CCC1=C(C)c2cc3[nH]c(cc4nc(c5c6[nH]c(cc1n2)c(C)c6C(=O)C5)[C@@H](CCC(=O)N(CC(=O)OC(C)(C)C)CC(=O)OC(C)(C)C)[C@@H]4C)c(C)c3C(C)OCCOCCOCCOC. The van der Waals surface area contributed by atoms with Crippen LogP contribution in [-0.2, 0) is 49.2 Å². The lowest BCUT2D eigenvalue weighted by atomic mass is 9.85. The lowest BCUT2D eigenvalue weighted by Gasteiger charge is -2.27. The lowest BCUT2D eigenvalue weighted by Crippen LogP contribution is -2.43. The molecule has 67 heavy (non-hydrogen) atoms. The Labute approximate surface area is 394 Å². The van der Waals surface area contributed by atoms with Crippen LogP contribution in [-0.4, -0.2) is 120 Å². The van der Waals surface area contributed by atoms with Crippen LogP contribution < -0.4 is 0 Å². The number of rotatable bonds is 19. The topological polar surface area (TPSA) is 184 Å². The van der Waals surface area contributed by atoms with Crippen LogP contribution in [0.2, 0.25) is 0 Å². The highest BCUT2D eigenvalue weighted by Gasteiger charge is 2.37. The summed E-state index contributed by atoms with van der Waals surface area (Å²) >= 11 is 0. The highest BCUT2D eigenvalue weighted by atomic mass is 16.6. The van der Waals surface area contributed by atoms with Gasteiger partial charge in [-0.25, -0.2) is 4.98 Å². The number of methoxy groups -OCH3 is 1. The molecule has 6 rings (SSSR count). The molecule has 1 unspecified atom stereocenters. The number of hydrogen-bond donors (Lipinski definition) is 2. The van der Waals surface area contributed by atoms with Crippen molar-refractivity contribution in [1.29, 1.82) is 0 Å². The van der Waals surface area contributed by atoms with E-state index in [-0.39, 0.29) is 36.6 Å². The van der Waals surface area contributed by atoms with Crippen molar-refractivity contribution in [2.24, 2.45) is 0 Å². The van der Waals surface area contributed by atoms with Gasteiger partial charge in [0.2, 0.25) is 5.91 Å². The molecule has 15 nitrogen and oxygen atoms in total. The average Bonchev–Trinajstić information content (AvgIpc) is 3.99. The standard InChI is InChI=1S/C52H71N5O10/c1-14-34-29(2)37-26-42-47(33(6)65-22-21-64-20-19-63-18-17-62-13)31(4)39(54-42)24-38-30(3)35(49(55-38)36-23-43(58)48-32(5)40(56-50(36)48)25-41(34)53-37)15-16-44(59)57(27-45(60)66-51(7,8)9)28-46(61)67-52(10,11)12/h24-26,30,33,35,54,56H,14-23,27-28H2,1-13H3/t30-,33?,35-/m0/s1. The number of aromatic amines is 2.